The maximum Gasteiger partial charge on any atom is 0.161 e. The zero-order valence-corrected chi connectivity index (χ0v) is 12.4. The highest BCUT2D eigenvalue weighted by Crippen LogP contribution is 2.34. The van der Waals surface area contributed by atoms with Crippen molar-refractivity contribution in [2.24, 2.45) is 0 Å². The second-order valence-corrected chi connectivity index (χ2v) is 4.75. The fourth-order valence-corrected chi connectivity index (χ4v) is 1.99. The Hall–Kier alpha value is -2.23. The lowest BCUT2D eigenvalue weighted by Crippen LogP contribution is -2.02. The van der Waals surface area contributed by atoms with Crippen molar-refractivity contribution in [3.8, 4) is 11.5 Å². The Kier molecular flexibility index (Phi) is 4.45. The summed E-state index contributed by atoms with van der Waals surface area (Å²) in [6.07, 6.45) is 3.92. The number of pyridine rings is 1. The van der Waals surface area contributed by atoms with Gasteiger partial charge in [0.15, 0.2) is 11.5 Å². The van der Waals surface area contributed by atoms with Crippen molar-refractivity contribution in [3.63, 3.8) is 0 Å². The van der Waals surface area contributed by atoms with Crippen molar-refractivity contribution < 1.29 is 9.47 Å². The maximum atomic E-state index is 5.35. The van der Waals surface area contributed by atoms with Gasteiger partial charge in [0.2, 0.25) is 0 Å². The number of aromatic nitrogens is 1. The average Bonchev–Trinajstić information content (AvgIpc) is 2.45. The Morgan fingerprint density at radius 1 is 1.20 bits per heavy atom. The van der Waals surface area contributed by atoms with Crippen LogP contribution in [0.4, 0.5) is 5.82 Å². The molecule has 1 N–H and O–H groups in total. The first-order valence-corrected chi connectivity index (χ1v) is 6.53. The number of hydrogen-bond donors (Lipinski definition) is 1. The highest BCUT2D eigenvalue weighted by Gasteiger charge is 2.09. The van der Waals surface area contributed by atoms with Crippen LogP contribution in [-0.2, 0) is 0 Å². The van der Waals surface area contributed by atoms with Crippen molar-refractivity contribution in [3.05, 3.63) is 36.0 Å². The van der Waals surface area contributed by atoms with Crippen LogP contribution in [-0.4, -0.2) is 25.7 Å². The zero-order valence-electron chi connectivity index (χ0n) is 12.4. The molecule has 0 aliphatic rings. The molecular weight excluding hydrogens is 252 g/mol. The summed E-state index contributed by atoms with van der Waals surface area (Å²) in [5.41, 5.74) is 1.27. The second kappa shape index (κ2) is 6.28. The van der Waals surface area contributed by atoms with E-state index in [0.29, 0.717) is 5.75 Å². The first-order valence-electron chi connectivity index (χ1n) is 6.53. The van der Waals surface area contributed by atoms with Crippen molar-refractivity contribution in [1.82, 2.24) is 4.98 Å². The Morgan fingerprint density at radius 3 is 2.55 bits per heavy atom. The molecule has 0 spiro atoms. The quantitative estimate of drug-likeness (QED) is 0.844. The third-order valence-electron chi connectivity index (χ3n) is 3.05. The van der Waals surface area contributed by atoms with E-state index < -0.39 is 0 Å². The van der Waals surface area contributed by atoms with Crippen LogP contribution in [0.2, 0.25) is 0 Å². The highest BCUT2D eigenvalue weighted by molar-refractivity contribution is 5.94. The third-order valence-corrected chi connectivity index (χ3v) is 3.05. The topological polar surface area (TPSA) is 43.4 Å². The Bertz CT molecular complexity index is 632. The molecule has 20 heavy (non-hydrogen) atoms. The van der Waals surface area contributed by atoms with Crippen molar-refractivity contribution >= 4 is 16.6 Å². The van der Waals surface area contributed by atoms with Crippen LogP contribution < -0.4 is 14.8 Å². The van der Waals surface area contributed by atoms with Gasteiger partial charge in [-0.2, -0.15) is 0 Å². The SMILES string of the molecule is COc1cc2ccnc(NCC=C(C)C)c2cc1OC. The molecule has 0 aliphatic heterocycles. The van der Waals surface area contributed by atoms with Gasteiger partial charge >= 0.3 is 0 Å². The molecule has 0 radical (unpaired) electrons. The molecule has 1 aromatic heterocycles. The molecule has 0 fully saturated rings. The molecular formula is C16H20N2O2. The predicted molar refractivity (Wildman–Crippen MR) is 82.8 cm³/mol. The Balaban J connectivity index is 2.42. The van der Waals surface area contributed by atoms with Gasteiger partial charge in [-0.1, -0.05) is 11.6 Å². The van der Waals surface area contributed by atoms with Crippen LogP contribution in [0, 0.1) is 0 Å². The standard InChI is InChI=1S/C16H20N2O2/c1-11(2)5-7-17-16-13-10-15(20-4)14(19-3)9-12(13)6-8-18-16/h5-6,8-10H,7H2,1-4H3,(H,17,18). The number of fused-ring (bicyclic) bond motifs is 1. The average molecular weight is 272 g/mol. The van der Waals surface area contributed by atoms with Crippen LogP contribution in [0.25, 0.3) is 10.8 Å². The molecule has 0 bridgehead atoms. The van der Waals surface area contributed by atoms with Crippen LogP contribution in [0.15, 0.2) is 36.0 Å². The van der Waals surface area contributed by atoms with Gasteiger partial charge in [0, 0.05) is 18.1 Å². The number of nitrogens with zero attached hydrogens (tertiary/aromatic N) is 1. The summed E-state index contributed by atoms with van der Waals surface area (Å²) in [5.74, 6) is 2.28. The van der Waals surface area contributed by atoms with Gasteiger partial charge in [-0.25, -0.2) is 4.98 Å². The maximum absolute atomic E-state index is 5.35. The Morgan fingerprint density at radius 2 is 1.90 bits per heavy atom. The van der Waals surface area contributed by atoms with Crippen LogP contribution in [0.1, 0.15) is 13.8 Å². The third kappa shape index (κ3) is 3.02. The first kappa shape index (κ1) is 14.2. The highest BCUT2D eigenvalue weighted by atomic mass is 16.5. The molecule has 1 heterocycles. The summed E-state index contributed by atoms with van der Waals surface area (Å²) >= 11 is 0. The minimum Gasteiger partial charge on any atom is -0.493 e. The number of benzene rings is 1. The van der Waals surface area contributed by atoms with E-state index in [0.717, 1.165) is 28.9 Å². The van der Waals surface area contributed by atoms with E-state index in [1.807, 2.05) is 18.2 Å². The molecule has 0 atom stereocenters. The monoisotopic (exact) mass is 272 g/mol. The molecule has 4 nitrogen and oxygen atoms in total. The van der Waals surface area contributed by atoms with Gasteiger partial charge in [-0.15, -0.1) is 0 Å². The van der Waals surface area contributed by atoms with Crippen molar-refractivity contribution in [1.29, 1.82) is 0 Å². The number of methoxy groups -OCH3 is 2. The molecule has 0 unspecified atom stereocenters. The minimum atomic E-state index is 0.707. The molecule has 106 valence electrons. The summed E-state index contributed by atoms with van der Waals surface area (Å²) in [4.78, 5) is 4.40. The predicted octanol–water partition coefficient (Wildman–Crippen LogP) is 3.63. The van der Waals surface area contributed by atoms with E-state index >= 15 is 0 Å². The fourth-order valence-electron chi connectivity index (χ4n) is 1.99. The van der Waals surface area contributed by atoms with Gasteiger partial charge in [-0.05, 0) is 37.4 Å². The zero-order chi connectivity index (χ0) is 14.5. The first-order chi connectivity index (χ1) is 9.65. The summed E-state index contributed by atoms with van der Waals surface area (Å²) in [7, 11) is 3.27. The fraction of sp³-hybridized carbons (Fsp3) is 0.312. The summed E-state index contributed by atoms with van der Waals surface area (Å²) in [6.45, 7) is 4.90. The van der Waals surface area contributed by atoms with Crippen LogP contribution >= 0.6 is 0 Å². The summed E-state index contributed by atoms with van der Waals surface area (Å²) in [5, 5.41) is 5.41. The molecule has 0 aliphatic carbocycles. The number of nitrogens with one attached hydrogen (secondary N) is 1. The van der Waals surface area contributed by atoms with E-state index in [9.17, 15) is 0 Å². The van der Waals surface area contributed by atoms with Gasteiger partial charge in [0.05, 0.1) is 14.2 Å². The lowest BCUT2D eigenvalue weighted by Gasteiger charge is -2.12. The molecule has 4 heteroatoms. The Labute approximate surface area is 119 Å². The van der Waals surface area contributed by atoms with E-state index in [1.165, 1.54) is 5.57 Å². The lowest BCUT2D eigenvalue weighted by molar-refractivity contribution is 0.356. The smallest absolute Gasteiger partial charge is 0.161 e. The van der Waals surface area contributed by atoms with Gasteiger partial charge in [0.1, 0.15) is 5.82 Å². The number of rotatable bonds is 5. The molecule has 2 aromatic rings. The number of hydrogen-bond acceptors (Lipinski definition) is 4. The van der Waals surface area contributed by atoms with Gasteiger partial charge < -0.3 is 14.8 Å². The lowest BCUT2D eigenvalue weighted by atomic mass is 10.1. The number of anilines is 1. The number of ether oxygens (including phenoxy) is 2. The second-order valence-electron chi connectivity index (χ2n) is 4.75. The normalized spacial score (nSPS) is 10.2. The van der Waals surface area contributed by atoms with E-state index in [-0.39, 0.29) is 0 Å². The molecule has 2 rings (SSSR count). The van der Waals surface area contributed by atoms with Crippen molar-refractivity contribution in [2.75, 3.05) is 26.1 Å². The number of allylic oxidation sites excluding steroid dienone is 1. The van der Waals surface area contributed by atoms with Gasteiger partial charge in [-0.3, -0.25) is 0 Å². The summed E-state index contributed by atoms with van der Waals surface area (Å²) < 4.78 is 10.7. The van der Waals surface area contributed by atoms with Crippen LogP contribution in [0.3, 0.4) is 0 Å². The largest absolute Gasteiger partial charge is 0.493 e. The van der Waals surface area contributed by atoms with E-state index in [1.54, 1.807) is 20.4 Å². The summed E-state index contributed by atoms with van der Waals surface area (Å²) in [6, 6.07) is 5.87. The van der Waals surface area contributed by atoms with Crippen LogP contribution in [0.5, 0.6) is 11.5 Å². The molecule has 1 aromatic carbocycles. The van der Waals surface area contributed by atoms with Crippen molar-refractivity contribution in [2.45, 2.75) is 13.8 Å². The van der Waals surface area contributed by atoms with Gasteiger partial charge in [0.25, 0.3) is 0 Å². The molecule has 0 saturated carbocycles. The minimum absolute atomic E-state index is 0.707. The van der Waals surface area contributed by atoms with E-state index in [2.05, 4.69) is 30.2 Å². The molecule has 0 amide bonds. The van der Waals surface area contributed by atoms with E-state index in [4.69, 9.17) is 9.47 Å². The molecule has 0 saturated heterocycles.